The van der Waals surface area contributed by atoms with Gasteiger partial charge in [0.1, 0.15) is 18.5 Å². The van der Waals surface area contributed by atoms with Crippen LogP contribution in [-0.4, -0.2) is 54.2 Å². The van der Waals surface area contributed by atoms with Crippen LogP contribution in [0.3, 0.4) is 0 Å². The minimum Gasteiger partial charge on any atom is -0.390 e. The topological polar surface area (TPSA) is 54.3 Å². The maximum absolute atomic E-state index is 14.2. The van der Waals surface area contributed by atoms with Gasteiger partial charge in [0.25, 0.3) is 0 Å². The van der Waals surface area contributed by atoms with Crippen LogP contribution in [-0.2, 0) is 16.1 Å². The molecular formula is C23H23Cl2FN2O3. The lowest BCUT2D eigenvalue weighted by Gasteiger charge is -2.27. The Labute approximate surface area is 191 Å². The summed E-state index contributed by atoms with van der Waals surface area (Å²) in [7, 11) is 0. The third-order valence-electron chi connectivity index (χ3n) is 4.76. The normalized spacial score (nSPS) is 16.6. The van der Waals surface area contributed by atoms with E-state index in [0.29, 0.717) is 35.1 Å². The number of halogens is 3. The van der Waals surface area contributed by atoms with E-state index in [4.69, 9.17) is 39.2 Å². The van der Waals surface area contributed by atoms with Crippen molar-refractivity contribution < 1.29 is 19.1 Å². The molecule has 0 amide bonds. The molecule has 1 N–H and O–H groups in total. The van der Waals surface area contributed by atoms with Gasteiger partial charge >= 0.3 is 0 Å². The molecule has 0 saturated carbocycles. The van der Waals surface area contributed by atoms with Gasteiger partial charge in [-0.25, -0.2) is 4.39 Å². The van der Waals surface area contributed by atoms with Crippen molar-refractivity contribution in [2.75, 3.05) is 26.3 Å². The Morgan fingerprint density at radius 3 is 2.84 bits per heavy atom. The molecule has 8 heteroatoms. The number of ether oxygens (including phenoxy) is 1. The smallest absolute Gasteiger partial charge is 0.145 e. The lowest BCUT2D eigenvalue weighted by molar-refractivity contribution is 0.00392. The van der Waals surface area contributed by atoms with E-state index in [-0.39, 0.29) is 31.7 Å². The van der Waals surface area contributed by atoms with E-state index >= 15 is 0 Å². The fourth-order valence-electron chi connectivity index (χ4n) is 3.34. The molecule has 3 rings (SSSR count). The summed E-state index contributed by atoms with van der Waals surface area (Å²) in [5.74, 6) is 2.06. The summed E-state index contributed by atoms with van der Waals surface area (Å²) in [6, 6.07) is 11.9. The van der Waals surface area contributed by atoms with Gasteiger partial charge in [-0.15, -0.1) is 6.42 Å². The molecule has 0 spiro atoms. The van der Waals surface area contributed by atoms with Gasteiger partial charge in [0.2, 0.25) is 0 Å². The van der Waals surface area contributed by atoms with Crippen LogP contribution in [0.4, 0.5) is 4.39 Å². The molecule has 31 heavy (non-hydrogen) atoms. The van der Waals surface area contributed by atoms with Gasteiger partial charge in [0.05, 0.1) is 28.5 Å². The second-order valence-electron chi connectivity index (χ2n) is 7.26. The minimum atomic E-state index is -0.781. The maximum atomic E-state index is 14.2. The molecule has 0 fully saturated rings. The van der Waals surface area contributed by atoms with Crippen LogP contribution < -0.4 is 0 Å². The van der Waals surface area contributed by atoms with Gasteiger partial charge in [-0.2, -0.15) is 0 Å². The zero-order valence-electron chi connectivity index (χ0n) is 16.8. The van der Waals surface area contributed by atoms with Gasteiger partial charge in [-0.1, -0.05) is 58.5 Å². The third-order valence-corrected chi connectivity index (χ3v) is 5.50. The van der Waals surface area contributed by atoms with Crippen molar-refractivity contribution in [1.29, 1.82) is 0 Å². The maximum Gasteiger partial charge on any atom is 0.145 e. The lowest BCUT2D eigenvalue weighted by Crippen LogP contribution is -2.39. The Balaban J connectivity index is 1.64. The lowest BCUT2D eigenvalue weighted by atomic mass is 10.0. The predicted molar refractivity (Wildman–Crippen MR) is 120 cm³/mol. The standard InChI is InChI=1S/C23H23Cl2FN2O3/c1-2-9-30-15-18(29)13-28(12-17-5-3-4-6-22(17)26)14-19-11-23(27-31-19)16-7-8-20(24)21(25)10-16/h1,3-8,10,18-19,29H,9,11-15H2/t18-,19-/m1/s1. The molecule has 164 valence electrons. The van der Waals surface area contributed by atoms with E-state index in [0.717, 1.165) is 11.3 Å². The van der Waals surface area contributed by atoms with Crippen LogP contribution in [0.2, 0.25) is 10.0 Å². The van der Waals surface area contributed by atoms with Gasteiger partial charge in [0, 0.05) is 37.2 Å². The number of hydrogen-bond donors (Lipinski definition) is 1. The van der Waals surface area contributed by atoms with E-state index in [2.05, 4.69) is 11.1 Å². The molecule has 1 aliphatic rings. The van der Waals surface area contributed by atoms with Gasteiger partial charge < -0.3 is 14.7 Å². The van der Waals surface area contributed by atoms with Gasteiger partial charge in [0.15, 0.2) is 0 Å². The summed E-state index contributed by atoms with van der Waals surface area (Å²) in [6.45, 7) is 1.22. The third kappa shape index (κ3) is 6.93. The second-order valence-corrected chi connectivity index (χ2v) is 8.07. The first-order valence-corrected chi connectivity index (χ1v) is 10.5. The Bertz CT molecular complexity index is 964. The molecular weight excluding hydrogens is 442 g/mol. The Morgan fingerprint density at radius 2 is 2.10 bits per heavy atom. The fourth-order valence-corrected chi connectivity index (χ4v) is 3.63. The monoisotopic (exact) mass is 464 g/mol. The number of benzene rings is 2. The average molecular weight is 465 g/mol. The highest BCUT2D eigenvalue weighted by Gasteiger charge is 2.26. The molecule has 2 aromatic carbocycles. The number of rotatable bonds is 10. The summed E-state index contributed by atoms with van der Waals surface area (Å²) in [5, 5.41) is 15.4. The highest BCUT2D eigenvalue weighted by molar-refractivity contribution is 6.42. The Hall–Kier alpha value is -2.14. The molecule has 0 bridgehead atoms. The van der Waals surface area contributed by atoms with Gasteiger partial charge in [-0.05, 0) is 18.2 Å². The quantitative estimate of drug-likeness (QED) is 0.424. The fraction of sp³-hybridized carbons (Fsp3) is 0.348. The molecule has 1 heterocycles. The average Bonchev–Trinajstić information content (AvgIpc) is 3.20. The largest absolute Gasteiger partial charge is 0.390 e. The van der Waals surface area contributed by atoms with Crippen LogP contribution in [0.5, 0.6) is 0 Å². The molecule has 0 radical (unpaired) electrons. The zero-order chi connectivity index (χ0) is 22.2. The summed E-state index contributed by atoms with van der Waals surface area (Å²) in [5.41, 5.74) is 2.12. The van der Waals surface area contributed by atoms with Crippen LogP contribution in [0, 0.1) is 18.2 Å². The van der Waals surface area contributed by atoms with Crippen LogP contribution in [0.15, 0.2) is 47.6 Å². The summed E-state index contributed by atoms with van der Waals surface area (Å²) in [6.07, 6.45) is 4.68. The zero-order valence-corrected chi connectivity index (χ0v) is 18.3. The van der Waals surface area contributed by atoms with Crippen molar-refractivity contribution in [3.63, 3.8) is 0 Å². The highest BCUT2D eigenvalue weighted by Crippen LogP contribution is 2.26. The van der Waals surface area contributed by atoms with Crippen molar-refractivity contribution in [3.05, 3.63) is 69.5 Å². The van der Waals surface area contributed by atoms with Crippen molar-refractivity contribution in [3.8, 4) is 12.3 Å². The minimum absolute atomic E-state index is 0.0918. The molecule has 0 aromatic heterocycles. The Morgan fingerprint density at radius 1 is 1.29 bits per heavy atom. The van der Waals surface area contributed by atoms with Crippen LogP contribution in [0.25, 0.3) is 0 Å². The van der Waals surface area contributed by atoms with Crippen LogP contribution in [0.1, 0.15) is 17.5 Å². The van der Waals surface area contributed by atoms with Gasteiger partial charge in [-0.3, -0.25) is 4.90 Å². The molecule has 5 nitrogen and oxygen atoms in total. The SMILES string of the molecule is C#CCOC[C@H](O)CN(Cc1ccccc1F)C[C@H]1CC(c2ccc(Cl)c(Cl)c2)=NO1. The number of aliphatic hydroxyl groups excluding tert-OH is 1. The molecule has 0 unspecified atom stereocenters. The number of oxime groups is 1. The van der Waals surface area contributed by atoms with E-state index in [1.807, 2.05) is 11.0 Å². The Kier molecular flexibility index (Phi) is 8.70. The number of aliphatic hydroxyl groups is 1. The van der Waals surface area contributed by atoms with Crippen molar-refractivity contribution in [1.82, 2.24) is 4.90 Å². The summed E-state index contributed by atoms with van der Waals surface area (Å²) in [4.78, 5) is 7.52. The van der Waals surface area contributed by atoms with E-state index < -0.39 is 6.10 Å². The van der Waals surface area contributed by atoms with E-state index in [9.17, 15) is 9.50 Å². The second kappa shape index (κ2) is 11.5. The first kappa shape index (κ1) is 23.5. The predicted octanol–water partition coefficient (Wildman–Crippen LogP) is 4.14. The molecule has 1 aliphatic heterocycles. The number of nitrogens with zero attached hydrogens (tertiary/aromatic N) is 2. The van der Waals surface area contributed by atoms with Crippen molar-refractivity contribution in [2.45, 2.75) is 25.2 Å². The number of hydrogen-bond acceptors (Lipinski definition) is 5. The first-order valence-electron chi connectivity index (χ1n) is 9.79. The summed E-state index contributed by atoms with van der Waals surface area (Å²) < 4.78 is 19.4. The van der Waals surface area contributed by atoms with Crippen molar-refractivity contribution in [2.24, 2.45) is 5.16 Å². The van der Waals surface area contributed by atoms with E-state index in [1.165, 1.54) is 6.07 Å². The molecule has 2 aromatic rings. The molecule has 0 aliphatic carbocycles. The number of terminal acetylenes is 1. The van der Waals surface area contributed by atoms with E-state index in [1.54, 1.807) is 30.3 Å². The highest BCUT2D eigenvalue weighted by atomic mass is 35.5. The van der Waals surface area contributed by atoms with Crippen LogP contribution >= 0.6 is 23.2 Å². The summed E-state index contributed by atoms with van der Waals surface area (Å²) >= 11 is 12.1. The first-order chi connectivity index (χ1) is 15.0. The molecule has 2 atom stereocenters. The van der Waals surface area contributed by atoms with Crippen molar-refractivity contribution >= 4 is 28.9 Å². The molecule has 0 saturated heterocycles.